The summed E-state index contributed by atoms with van der Waals surface area (Å²) in [6.07, 6.45) is -3.83. The van der Waals surface area contributed by atoms with Gasteiger partial charge in [0.25, 0.3) is 0 Å². The SMILES string of the molecule is Cc1nc(N)c2c(C(=O)O)cn([C@@H]3OC(COC(=O)c4ccccc4)[C@@H](O)[C@H]3O)c2n1. The Kier molecular flexibility index (Phi) is 5.31. The van der Waals surface area contributed by atoms with Crippen LogP contribution in [-0.2, 0) is 9.47 Å². The Morgan fingerprint density at radius 1 is 1.19 bits per heavy atom. The lowest BCUT2D eigenvalue weighted by molar-refractivity contribution is -0.0563. The number of hydrogen-bond acceptors (Lipinski definition) is 9. The van der Waals surface area contributed by atoms with E-state index in [0.29, 0.717) is 11.4 Å². The highest BCUT2D eigenvalue weighted by molar-refractivity contribution is 6.06. The molecule has 162 valence electrons. The lowest BCUT2D eigenvalue weighted by Gasteiger charge is -2.17. The number of aryl methyl sites for hydroxylation is 1. The van der Waals surface area contributed by atoms with Gasteiger partial charge in [-0.25, -0.2) is 19.6 Å². The van der Waals surface area contributed by atoms with Gasteiger partial charge in [0.1, 0.15) is 42.2 Å². The second-order valence-electron chi connectivity index (χ2n) is 7.12. The maximum absolute atomic E-state index is 12.1. The van der Waals surface area contributed by atoms with Gasteiger partial charge in [-0.2, -0.15) is 0 Å². The molecule has 1 saturated heterocycles. The van der Waals surface area contributed by atoms with Crippen molar-refractivity contribution in [2.24, 2.45) is 0 Å². The number of carbonyl (C=O) groups is 2. The number of nitrogens with two attached hydrogens (primary N) is 1. The summed E-state index contributed by atoms with van der Waals surface area (Å²) in [6, 6.07) is 8.29. The molecule has 5 N–H and O–H groups in total. The molecule has 0 aliphatic carbocycles. The van der Waals surface area contributed by atoms with Crippen molar-refractivity contribution in [3.05, 3.63) is 53.5 Å². The standard InChI is InChI=1S/C20H20N4O7/c1-9-22-16(21)13-11(19(27)28)7-24(17(13)23-9)18-15(26)14(25)12(31-18)8-30-20(29)10-5-3-2-4-6-10/h2-7,12,14-15,18,25-26H,8H2,1H3,(H,27,28)(H2,21,22,23)/t12?,14-,15-,18-/m1/s1. The van der Waals surface area contributed by atoms with Crippen molar-refractivity contribution >= 4 is 28.8 Å². The minimum Gasteiger partial charge on any atom is -0.478 e. The zero-order valence-electron chi connectivity index (χ0n) is 16.4. The highest BCUT2D eigenvalue weighted by Gasteiger charge is 2.45. The van der Waals surface area contributed by atoms with Crippen LogP contribution in [0.25, 0.3) is 11.0 Å². The highest BCUT2D eigenvalue weighted by Crippen LogP contribution is 2.35. The predicted octanol–water partition coefficient (Wildman–Crippen LogP) is 0.496. The normalized spacial score (nSPS) is 23.2. The number of aliphatic hydroxyl groups is 2. The quantitative estimate of drug-likeness (QED) is 0.419. The van der Waals surface area contributed by atoms with E-state index in [0.717, 1.165) is 0 Å². The molecule has 1 aromatic carbocycles. The van der Waals surface area contributed by atoms with E-state index in [1.54, 1.807) is 37.3 Å². The Hall–Kier alpha value is -3.54. The number of carbonyl (C=O) groups excluding carboxylic acids is 1. The van der Waals surface area contributed by atoms with Crippen LogP contribution in [-0.4, -0.2) is 66.7 Å². The van der Waals surface area contributed by atoms with Gasteiger partial charge in [0.05, 0.1) is 16.5 Å². The first-order valence-electron chi connectivity index (χ1n) is 9.39. The number of anilines is 1. The minimum absolute atomic E-state index is 0.0278. The molecular weight excluding hydrogens is 408 g/mol. The van der Waals surface area contributed by atoms with Crippen molar-refractivity contribution in [3.63, 3.8) is 0 Å². The zero-order valence-corrected chi connectivity index (χ0v) is 16.4. The fourth-order valence-electron chi connectivity index (χ4n) is 3.56. The second-order valence-corrected chi connectivity index (χ2v) is 7.12. The van der Waals surface area contributed by atoms with Crippen molar-refractivity contribution in [3.8, 4) is 0 Å². The maximum atomic E-state index is 12.1. The summed E-state index contributed by atoms with van der Waals surface area (Å²) < 4.78 is 12.2. The molecule has 4 atom stereocenters. The van der Waals surface area contributed by atoms with Gasteiger partial charge in [0, 0.05) is 6.20 Å². The molecule has 0 amide bonds. The third-order valence-electron chi connectivity index (χ3n) is 5.04. The number of nitrogen functional groups attached to an aromatic ring is 1. The van der Waals surface area contributed by atoms with Crippen LogP contribution in [0, 0.1) is 6.92 Å². The zero-order chi connectivity index (χ0) is 22.3. The summed E-state index contributed by atoms with van der Waals surface area (Å²) in [6.45, 7) is 1.27. The van der Waals surface area contributed by atoms with Crippen molar-refractivity contribution in [1.82, 2.24) is 14.5 Å². The Bertz CT molecular complexity index is 1150. The van der Waals surface area contributed by atoms with Crippen LogP contribution in [0.4, 0.5) is 5.82 Å². The molecule has 11 nitrogen and oxygen atoms in total. The summed E-state index contributed by atoms with van der Waals surface area (Å²) in [5.41, 5.74) is 6.20. The number of ether oxygens (including phenoxy) is 2. The van der Waals surface area contributed by atoms with Gasteiger partial charge < -0.3 is 35.1 Å². The largest absolute Gasteiger partial charge is 0.478 e. The van der Waals surface area contributed by atoms with Crippen LogP contribution in [0.3, 0.4) is 0 Å². The molecule has 0 saturated carbocycles. The first kappa shape index (κ1) is 20.7. The topological polar surface area (TPSA) is 170 Å². The Labute approximate surface area is 175 Å². The molecule has 31 heavy (non-hydrogen) atoms. The van der Waals surface area contributed by atoms with Gasteiger partial charge in [-0.15, -0.1) is 0 Å². The van der Waals surface area contributed by atoms with E-state index < -0.39 is 36.5 Å². The molecule has 1 unspecified atom stereocenters. The highest BCUT2D eigenvalue weighted by atomic mass is 16.6. The van der Waals surface area contributed by atoms with Gasteiger partial charge in [-0.3, -0.25) is 0 Å². The van der Waals surface area contributed by atoms with Crippen molar-refractivity contribution in [1.29, 1.82) is 0 Å². The molecule has 3 heterocycles. The maximum Gasteiger partial charge on any atom is 0.338 e. The average molecular weight is 428 g/mol. The number of aromatic carboxylic acids is 1. The molecule has 2 aromatic heterocycles. The number of aliphatic hydroxyl groups excluding tert-OH is 2. The first-order chi connectivity index (χ1) is 14.8. The number of carboxylic acids is 1. The minimum atomic E-state index is -1.44. The molecule has 3 aromatic rings. The van der Waals surface area contributed by atoms with Gasteiger partial charge in [0.15, 0.2) is 6.23 Å². The lowest BCUT2D eigenvalue weighted by atomic mass is 10.1. The number of nitrogens with zero attached hydrogens (tertiary/aromatic N) is 3. The molecule has 0 radical (unpaired) electrons. The molecule has 1 fully saturated rings. The van der Waals surface area contributed by atoms with E-state index in [1.807, 2.05) is 0 Å². The van der Waals surface area contributed by atoms with Gasteiger partial charge in [-0.05, 0) is 19.1 Å². The van der Waals surface area contributed by atoms with E-state index in [-0.39, 0.29) is 29.0 Å². The monoisotopic (exact) mass is 428 g/mol. The lowest BCUT2D eigenvalue weighted by Crippen LogP contribution is -2.34. The van der Waals surface area contributed by atoms with Crippen LogP contribution < -0.4 is 5.73 Å². The molecule has 4 rings (SSSR count). The average Bonchev–Trinajstić information content (AvgIpc) is 3.25. The Balaban J connectivity index is 1.60. The number of rotatable bonds is 5. The van der Waals surface area contributed by atoms with Crippen molar-refractivity contribution in [2.75, 3.05) is 12.3 Å². The molecule has 1 aliphatic rings. The van der Waals surface area contributed by atoms with Gasteiger partial charge in [0.2, 0.25) is 0 Å². The van der Waals surface area contributed by atoms with Crippen molar-refractivity contribution in [2.45, 2.75) is 31.5 Å². The van der Waals surface area contributed by atoms with Crippen LogP contribution in [0.5, 0.6) is 0 Å². The summed E-state index contributed by atoms with van der Waals surface area (Å²) >= 11 is 0. The number of esters is 1. The third-order valence-corrected chi connectivity index (χ3v) is 5.04. The predicted molar refractivity (Wildman–Crippen MR) is 106 cm³/mol. The molecule has 0 spiro atoms. The van der Waals surface area contributed by atoms with E-state index in [9.17, 15) is 24.9 Å². The van der Waals surface area contributed by atoms with E-state index in [1.165, 1.54) is 10.8 Å². The van der Waals surface area contributed by atoms with Crippen LogP contribution in [0.1, 0.15) is 32.8 Å². The van der Waals surface area contributed by atoms with E-state index >= 15 is 0 Å². The number of fused-ring (bicyclic) bond motifs is 1. The fraction of sp³-hybridized carbons (Fsp3) is 0.300. The first-order valence-corrected chi connectivity index (χ1v) is 9.39. The van der Waals surface area contributed by atoms with Crippen molar-refractivity contribution < 1.29 is 34.4 Å². The molecule has 1 aliphatic heterocycles. The van der Waals surface area contributed by atoms with E-state index in [2.05, 4.69) is 9.97 Å². The van der Waals surface area contributed by atoms with Gasteiger partial charge in [-0.1, -0.05) is 18.2 Å². The summed E-state index contributed by atoms with van der Waals surface area (Å²) in [5, 5.41) is 30.6. The van der Waals surface area contributed by atoms with Crippen LogP contribution in [0.2, 0.25) is 0 Å². The van der Waals surface area contributed by atoms with Crippen LogP contribution >= 0.6 is 0 Å². The van der Waals surface area contributed by atoms with E-state index in [4.69, 9.17) is 15.2 Å². The number of benzene rings is 1. The smallest absolute Gasteiger partial charge is 0.338 e. The number of hydrogen-bond donors (Lipinski definition) is 4. The Morgan fingerprint density at radius 3 is 2.58 bits per heavy atom. The van der Waals surface area contributed by atoms with Crippen LogP contribution in [0.15, 0.2) is 36.5 Å². The third kappa shape index (κ3) is 3.69. The number of carboxylic acid groups (broad SMARTS) is 1. The Morgan fingerprint density at radius 2 is 1.90 bits per heavy atom. The molecular formula is C20H20N4O7. The molecule has 0 bridgehead atoms. The van der Waals surface area contributed by atoms with Gasteiger partial charge >= 0.3 is 11.9 Å². The fourth-order valence-corrected chi connectivity index (χ4v) is 3.56. The summed E-state index contributed by atoms with van der Waals surface area (Å²) in [4.78, 5) is 32.0. The number of aromatic nitrogens is 3. The molecule has 11 heteroatoms. The summed E-state index contributed by atoms with van der Waals surface area (Å²) in [5.74, 6) is -1.60. The second kappa shape index (κ2) is 7.95. The summed E-state index contributed by atoms with van der Waals surface area (Å²) in [7, 11) is 0.